The van der Waals surface area contributed by atoms with Gasteiger partial charge in [0.1, 0.15) is 23.2 Å². The highest BCUT2D eigenvalue weighted by Crippen LogP contribution is 2.39. The highest BCUT2D eigenvalue weighted by Gasteiger charge is 2.39. The largest absolute Gasteiger partial charge is 0.493 e. The van der Waals surface area contributed by atoms with Crippen molar-refractivity contribution in [2.75, 3.05) is 13.2 Å². The molecule has 1 aliphatic heterocycles. The second kappa shape index (κ2) is 8.66. The van der Waals surface area contributed by atoms with Crippen LogP contribution in [-0.2, 0) is 22.1 Å². The summed E-state index contributed by atoms with van der Waals surface area (Å²) in [5, 5.41) is 0. The summed E-state index contributed by atoms with van der Waals surface area (Å²) in [5.41, 5.74) is -0.680. The van der Waals surface area contributed by atoms with Gasteiger partial charge in [0, 0.05) is 6.42 Å². The van der Waals surface area contributed by atoms with Crippen LogP contribution in [0.25, 0.3) is 0 Å². The van der Waals surface area contributed by atoms with Gasteiger partial charge in [-0.15, -0.1) is 0 Å². The van der Waals surface area contributed by atoms with E-state index in [0.29, 0.717) is 13.0 Å². The van der Waals surface area contributed by atoms with E-state index in [2.05, 4.69) is 0 Å². The second-order valence-corrected chi connectivity index (χ2v) is 6.13. The van der Waals surface area contributed by atoms with Crippen LogP contribution in [0.15, 0.2) is 23.8 Å². The highest BCUT2D eigenvalue weighted by atomic mass is 19.4. The van der Waals surface area contributed by atoms with Crippen molar-refractivity contribution in [1.82, 2.24) is 0 Å². The lowest BCUT2D eigenvalue weighted by Crippen LogP contribution is -2.29. The molecular formula is C19H22F4O3. The average molecular weight is 374 g/mol. The van der Waals surface area contributed by atoms with E-state index in [4.69, 9.17) is 9.47 Å². The first-order valence-electron chi connectivity index (χ1n) is 8.61. The van der Waals surface area contributed by atoms with Crippen LogP contribution < -0.4 is 4.74 Å². The third-order valence-corrected chi connectivity index (χ3v) is 4.15. The van der Waals surface area contributed by atoms with E-state index in [1.807, 2.05) is 13.0 Å². The minimum Gasteiger partial charge on any atom is -0.493 e. The molecule has 1 heterocycles. The fourth-order valence-corrected chi connectivity index (χ4v) is 2.91. The van der Waals surface area contributed by atoms with Crippen molar-refractivity contribution in [3.8, 4) is 5.75 Å². The maximum atomic E-state index is 14.4. The van der Waals surface area contributed by atoms with Crippen molar-refractivity contribution < 1.29 is 31.8 Å². The van der Waals surface area contributed by atoms with Crippen LogP contribution in [0.1, 0.15) is 44.2 Å². The van der Waals surface area contributed by atoms with Gasteiger partial charge in [-0.25, -0.2) is 4.39 Å². The third kappa shape index (κ3) is 4.84. The molecule has 7 heteroatoms. The fraction of sp³-hybridized carbons (Fsp3) is 0.526. The number of ketones is 1. The summed E-state index contributed by atoms with van der Waals surface area (Å²) in [4.78, 5) is 12.3. The molecule has 1 atom stereocenters. The van der Waals surface area contributed by atoms with Gasteiger partial charge in [0.05, 0.1) is 13.2 Å². The lowest BCUT2D eigenvalue weighted by molar-refractivity contribution is -0.141. The Kier molecular flexibility index (Phi) is 6.81. The molecule has 26 heavy (non-hydrogen) atoms. The Hall–Kier alpha value is -1.89. The fourth-order valence-electron chi connectivity index (χ4n) is 2.91. The molecule has 0 amide bonds. The molecule has 3 nitrogen and oxygen atoms in total. The van der Waals surface area contributed by atoms with Crippen molar-refractivity contribution >= 4 is 5.78 Å². The Morgan fingerprint density at radius 2 is 2.04 bits per heavy atom. The van der Waals surface area contributed by atoms with Gasteiger partial charge < -0.3 is 9.47 Å². The zero-order chi connectivity index (χ0) is 19.3. The minimum atomic E-state index is -4.91. The van der Waals surface area contributed by atoms with E-state index in [1.165, 1.54) is 6.92 Å². The molecular weight excluding hydrogens is 352 g/mol. The topological polar surface area (TPSA) is 35.5 Å². The van der Waals surface area contributed by atoms with Gasteiger partial charge in [-0.1, -0.05) is 25.5 Å². The van der Waals surface area contributed by atoms with E-state index in [-0.39, 0.29) is 12.2 Å². The second-order valence-electron chi connectivity index (χ2n) is 6.13. The predicted molar refractivity (Wildman–Crippen MR) is 88.6 cm³/mol. The Morgan fingerprint density at radius 3 is 2.58 bits per heavy atom. The Balaban J connectivity index is 2.18. The number of ether oxygens (including phenoxy) is 2. The maximum Gasteiger partial charge on any atom is 0.422 e. The molecule has 1 aromatic rings. The molecule has 0 saturated heterocycles. The standard InChI is InChI=1S/C19H22F4O3/c1-3-5-12-6-8-15(26-11-12)14(24)10-13-7-9-16(25-4-2)17(18(13)20)19(21,22)23/h6-7,9,15H,3-5,8,10-11H2,1-2H3. The van der Waals surface area contributed by atoms with Crippen LogP contribution in [0.4, 0.5) is 17.6 Å². The van der Waals surface area contributed by atoms with E-state index in [9.17, 15) is 22.4 Å². The van der Waals surface area contributed by atoms with Gasteiger partial charge in [-0.05, 0) is 37.0 Å². The number of hydrogen-bond acceptors (Lipinski definition) is 3. The van der Waals surface area contributed by atoms with Gasteiger partial charge in [-0.2, -0.15) is 13.2 Å². The summed E-state index contributed by atoms with van der Waals surface area (Å²) >= 11 is 0. The van der Waals surface area contributed by atoms with Gasteiger partial charge in [-0.3, -0.25) is 4.79 Å². The highest BCUT2D eigenvalue weighted by molar-refractivity contribution is 5.85. The molecule has 0 spiro atoms. The number of hydrogen-bond donors (Lipinski definition) is 0. The van der Waals surface area contributed by atoms with E-state index in [1.54, 1.807) is 0 Å². The van der Waals surface area contributed by atoms with E-state index in [0.717, 1.165) is 30.5 Å². The molecule has 1 unspecified atom stereocenters. The van der Waals surface area contributed by atoms with Crippen molar-refractivity contribution in [3.05, 3.63) is 40.7 Å². The molecule has 144 valence electrons. The van der Waals surface area contributed by atoms with Crippen molar-refractivity contribution in [1.29, 1.82) is 0 Å². The number of carbonyl (C=O) groups excluding carboxylic acids is 1. The van der Waals surface area contributed by atoms with Crippen LogP contribution in [0.3, 0.4) is 0 Å². The van der Waals surface area contributed by atoms with Crippen molar-refractivity contribution in [2.45, 2.75) is 51.8 Å². The summed E-state index contributed by atoms with van der Waals surface area (Å²) < 4.78 is 64.4. The van der Waals surface area contributed by atoms with Gasteiger partial charge in [0.15, 0.2) is 5.78 Å². The van der Waals surface area contributed by atoms with Crippen LogP contribution in [-0.4, -0.2) is 25.1 Å². The molecule has 0 fully saturated rings. The van der Waals surface area contributed by atoms with Crippen LogP contribution in [0.2, 0.25) is 0 Å². The quantitative estimate of drug-likeness (QED) is 0.505. The summed E-state index contributed by atoms with van der Waals surface area (Å²) in [7, 11) is 0. The summed E-state index contributed by atoms with van der Waals surface area (Å²) in [6.45, 7) is 3.84. The lowest BCUT2D eigenvalue weighted by atomic mass is 9.97. The maximum absolute atomic E-state index is 14.4. The van der Waals surface area contributed by atoms with Crippen molar-refractivity contribution in [2.24, 2.45) is 0 Å². The SMILES string of the molecule is CCCC1=CCC(C(=O)Cc2ccc(OCC)c(C(F)(F)F)c2F)OC1. The zero-order valence-electron chi connectivity index (χ0n) is 14.8. The van der Waals surface area contributed by atoms with E-state index >= 15 is 0 Å². The van der Waals surface area contributed by atoms with E-state index < -0.39 is 41.6 Å². The third-order valence-electron chi connectivity index (χ3n) is 4.15. The number of Topliss-reactive ketones (excluding diaryl/α,β-unsaturated/α-hetero) is 1. The number of benzene rings is 1. The number of rotatable bonds is 7. The first-order chi connectivity index (χ1) is 12.3. The molecule has 0 radical (unpaired) electrons. The molecule has 0 aliphatic carbocycles. The average Bonchev–Trinajstić information content (AvgIpc) is 2.57. The Bertz CT molecular complexity index is 680. The molecule has 0 bridgehead atoms. The summed E-state index contributed by atoms with van der Waals surface area (Å²) in [6, 6.07) is 2.22. The zero-order valence-corrected chi connectivity index (χ0v) is 14.8. The smallest absolute Gasteiger partial charge is 0.422 e. The van der Waals surface area contributed by atoms with Gasteiger partial charge in [0.2, 0.25) is 0 Å². The summed E-state index contributed by atoms with van der Waals surface area (Å²) in [5.74, 6) is -2.47. The lowest BCUT2D eigenvalue weighted by Gasteiger charge is -2.22. The number of alkyl halides is 3. The van der Waals surface area contributed by atoms with Gasteiger partial charge in [0.25, 0.3) is 0 Å². The molecule has 0 aromatic heterocycles. The van der Waals surface area contributed by atoms with Crippen LogP contribution in [0, 0.1) is 5.82 Å². The first kappa shape index (κ1) is 20.4. The molecule has 0 saturated carbocycles. The van der Waals surface area contributed by atoms with Gasteiger partial charge >= 0.3 is 6.18 Å². The Labute approximate surface area is 150 Å². The number of halogens is 4. The summed E-state index contributed by atoms with van der Waals surface area (Å²) in [6.07, 6.45) is -2.00. The Morgan fingerprint density at radius 1 is 1.31 bits per heavy atom. The van der Waals surface area contributed by atoms with Crippen molar-refractivity contribution in [3.63, 3.8) is 0 Å². The molecule has 1 aromatic carbocycles. The minimum absolute atomic E-state index is 0.0247. The van der Waals surface area contributed by atoms with Crippen LogP contribution in [0.5, 0.6) is 5.75 Å². The number of carbonyl (C=O) groups is 1. The monoisotopic (exact) mass is 374 g/mol. The predicted octanol–water partition coefficient (Wildman–Crippen LogP) is 4.87. The molecule has 2 rings (SSSR count). The first-order valence-corrected chi connectivity index (χ1v) is 8.61. The van der Waals surface area contributed by atoms with Crippen LogP contribution >= 0.6 is 0 Å². The molecule has 0 N–H and O–H groups in total. The molecule has 1 aliphatic rings. The normalized spacial score (nSPS) is 17.8.